The summed E-state index contributed by atoms with van der Waals surface area (Å²) in [6.45, 7) is 7.30. The zero-order chi connectivity index (χ0) is 18.2. The van der Waals surface area contributed by atoms with E-state index in [2.05, 4.69) is 31.0 Å². The number of carbonyl (C=O) groups is 1. The van der Waals surface area contributed by atoms with Crippen LogP contribution < -0.4 is 16.0 Å². The third-order valence-corrected chi connectivity index (χ3v) is 3.76. The number of pyridine rings is 1. The van der Waals surface area contributed by atoms with Gasteiger partial charge in [-0.1, -0.05) is 0 Å². The normalized spacial score (nSPS) is 10.8. The Balaban J connectivity index is 0.00000338. The molecule has 2 rings (SSSR count). The zero-order valence-corrected chi connectivity index (χ0v) is 17.9. The number of carbonyl (C=O) groups excluding carboxylic acids is 1. The van der Waals surface area contributed by atoms with Crippen LogP contribution in [0.25, 0.3) is 0 Å². The van der Waals surface area contributed by atoms with E-state index in [9.17, 15) is 4.79 Å². The van der Waals surface area contributed by atoms with Gasteiger partial charge in [-0.3, -0.25) is 14.5 Å². The number of nitrogens with one attached hydrogen (secondary N) is 3. The predicted octanol–water partition coefficient (Wildman–Crippen LogP) is 1.74. The van der Waals surface area contributed by atoms with Crippen LogP contribution >= 0.6 is 24.0 Å². The highest BCUT2D eigenvalue weighted by Crippen LogP contribution is 2.12. The first kappa shape index (κ1) is 21.9. The zero-order valence-electron chi connectivity index (χ0n) is 15.5. The van der Waals surface area contributed by atoms with E-state index in [1.807, 2.05) is 32.5 Å². The number of anilines is 1. The van der Waals surface area contributed by atoms with Crippen molar-refractivity contribution in [3.63, 3.8) is 0 Å². The Labute approximate surface area is 170 Å². The van der Waals surface area contributed by atoms with E-state index in [0.29, 0.717) is 24.7 Å². The van der Waals surface area contributed by atoms with Crippen LogP contribution in [0.4, 0.5) is 5.69 Å². The first-order valence-corrected chi connectivity index (χ1v) is 8.22. The second-order valence-corrected chi connectivity index (χ2v) is 5.61. The largest absolute Gasteiger partial charge is 0.357 e. The van der Waals surface area contributed by atoms with Gasteiger partial charge in [-0.15, -0.1) is 24.0 Å². The highest BCUT2D eigenvalue weighted by Gasteiger charge is 2.09. The number of nitrogens with zero attached hydrogens (tertiary/aromatic N) is 4. The number of rotatable bonds is 6. The quantitative estimate of drug-likeness (QED) is 0.339. The van der Waals surface area contributed by atoms with Crippen molar-refractivity contribution in [3.05, 3.63) is 41.5 Å². The minimum absolute atomic E-state index is 0. The summed E-state index contributed by atoms with van der Waals surface area (Å²) in [5.74, 6) is 0.429. The molecule has 0 atom stereocenters. The molecule has 0 saturated carbocycles. The standard InChI is InChI=1S/C17H25N7O.HI/c1-5-19-17(20-10-15-12(2)23-24(4)13(15)3)21-11-16(25)22-14-7-6-8-18-9-14;/h6-9H,5,10-11H2,1-4H3,(H,22,25)(H2,19,20,21);1H. The molecule has 0 aliphatic heterocycles. The average molecular weight is 471 g/mol. The monoisotopic (exact) mass is 471 g/mol. The van der Waals surface area contributed by atoms with Gasteiger partial charge in [0.05, 0.1) is 30.7 Å². The summed E-state index contributed by atoms with van der Waals surface area (Å²) in [5, 5.41) is 13.3. The van der Waals surface area contributed by atoms with Gasteiger partial charge in [-0.2, -0.15) is 5.10 Å². The molecule has 0 radical (unpaired) electrons. The summed E-state index contributed by atoms with van der Waals surface area (Å²) < 4.78 is 1.85. The van der Waals surface area contributed by atoms with E-state index < -0.39 is 0 Å². The summed E-state index contributed by atoms with van der Waals surface area (Å²) in [5.41, 5.74) is 3.82. The maximum absolute atomic E-state index is 12.0. The van der Waals surface area contributed by atoms with Gasteiger partial charge in [0, 0.05) is 31.0 Å². The number of aromatic nitrogens is 3. The van der Waals surface area contributed by atoms with Gasteiger partial charge in [0.15, 0.2) is 5.96 Å². The molecular weight excluding hydrogens is 445 g/mol. The average Bonchev–Trinajstić information content (AvgIpc) is 2.83. The van der Waals surface area contributed by atoms with Crippen molar-refractivity contribution >= 4 is 41.5 Å². The molecule has 142 valence electrons. The van der Waals surface area contributed by atoms with Crippen molar-refractivity contribution in [1.29, 1.82) is 0 Å². The molecule has 0 fully saturated rings. The van der Waals surface area contributed by atoms with E-state index in [1.54, 1.807) is 24.5 Å². The lowest BCUT2D eigenvalue weighted by Crippen LogP contribution is -2.41. The molecule has 0 bridgehead atoms. The van der Waals surface area contributed by atoms with E-state index >= 15 is 0 Å². The number of guanidine groups is 1. The second kappa shape index (κ2) is 10.7. The minimum Gasteiger partial charge on any atom is -0.357 e. The summed E-state index contributed by atoms with van der Waals surface area (Å²) in [6, 6.07) is 3.56. The van der Waals surface area contributed by atoms with E-state index in [0.717, 1.165) is 17.0 Å². The van der Waals surface area contributed by atoms with Gasteiger partial charge >= 0.3 is 0 Å². The lowest BCUT2D eigenvalue weighted by molar-refractivity contribution is -0.115. The minimum atomic E-state index is -0.160. The van der Waals surface area contributed by atoms with E-state index in [-0.39, 0.29) is 36.4 Å². The Morgan fingerprint density at radius 1 is 1.31 bits per heavy atom. The Bertz CT molecular complexity index is 743. The number of amides is 1. The van der Waals surface area contributed by atoms with Crippen LogP contribution in [0.2, 0.25) is 0 Å². The molecule has 0 aliphatic carbocycles. The van der Waals surface area contributed by atoms with Crippen LogP contribution in [0, 0.1) is 13.8 Å². The molecule has 2 aromatic rings. The smallest absolute Gasteiger partial charge is 0.243 e. The molecule has 26 heavy (non-hydrogen) atoms. The molecule has 1 amide bonds. The summed E-state index contributed by atoms with van der Waals surface area (Å²) in [7, 11) is 1.92. The molecule has 3 N–H and O–H groups in total. The van der Waals surface area contributed by atoms with E-state index in [1.165, 1.54) is 0 Å². The fraction of sp³-hybridized carbons (Fsp3) is 0.412. The topological polar surface area (TPSA) is 96.2 Å². The fourth-order valence-corrected chi connectivity index (χ4v) is 2.35. The first-order valence-electron chi connectivity index (χ1n) is 8.22. The van der Waals surface area contributed by atoms with Crippen LogP contribution in [-0.4, -0.2) is 39.7 Å². The van der Waals surface area contributed by atoms with E-state index in [4.69, 9.17) is 0 Å². The molecule has 2 aromatic heterocycles. The van der Waals surface area contributed by atoms with Crippen molar-refractivity contribution in [2.24, 2.45) is 12.0 Å². The molecule has 0 unspecified atom stereocenters. The van der Waals surface area contributed by atoms with Gasteiger partial charge in [0.2, 0.25) is 5.91 Å². The van der Waals surface area contributed by atoms with Crippen LogP contribution in [0.5, 0.6) is 0 Å². The van der Waals surface area contributed by atoms with Crippen LogP contribution in [0.15, 0.2) is 29.5 Å². The molecule has 0 aliphatic rings. The van der Waals surface area contributed by atoms with Crippen molar-refractivity contribution in [2.45, 2.75) is 27.3 Å². The molecule has 0 spiro atoms. The van der Waals surface area contributed by atoms with Gasteiger partial charge in [0.1, 0.15) is 0 Å². The second-order valence-electron chi connectivity index (χ2n) is 5.61. The van der Waals surface area contributed by atoms with Crippen molar-refractivity contribution in [2.75, 3.05) is 18.4 Å². The number of hydrogen-bond donors (Lipinski definition) is 3. The van der Waals surface area contributed by atoms with Gasteiger partial charge in [0.25, 0.3) is 0 Å². The lowest BCUT2D eigenvalue weighted by atomic mass is 10.2. The van der Waals surface area contributed by atoms with Crippen molar-refractivity contribution < 1.29 is 4.79 Å². The molecule has 2 heterocycles. The van der Waals surface area contributed by atoms with Gasteiger partial charge in [-0.05, 0) is 32.9 Å². The maximum Gasteiger partial charge on any atom is 0.243 e. The molecule has 0 saturated heterocycles. The Morgan fingerprint density at radius 2 is 2.08 bits per heavy atom. The number of aryl methyl sites for hydroxylation is 2. The number of aliphatic imine (C=N–C) groups is 1. The Morgan fingerprint density at radius 3 is 2.65 bits per heavy atom. The van der Waals surface area contributed by atoms with Gasteiger partial charge in [-0.25, -0.2) is 4.99 Å². The number of hydrogen-bond acceptors (Lipinski definition) is 4. The predicted molar refractivity (Wildman–Crippen MR) is 114 cm³/mol. The van der Waals surface area contributed by atoms with Crippen LogP contribution in [0.1, 0.15) is 23.9 Å². The maximum atomic E-state index is 12.0. The highest BCUT2D eigenvalue weighted by molar-refractivity contribution is 14.0. The van der Waals surface area contributed by atoms with Gasteiger partial charge < -0.3 is 16.0 Å². The van der Waals surface area contributed by atoms with Crippen LogP contribution in [-0.2, 0) is 18.4 Å². The van der Waals surface area contributed by atoms with Crippen LogP contribution in [0.3, 0.4) is 0 Å². The third-order valence-electron chi connectivity index (χ3n) is 3.76. The molecule has 8 nitrogen and oxygen atoms in total. The molecule has 9 heteroatoms. The lowest BCUT2D eigenvalue weighted by Gasteiger charge is -2.11. The fourth-order valence-electron chi connectivity index (χ4n) is 2.35. The van der Waals surface area contributed by atoms with Crippen molar-refractivity contribution in [1.82, 2.24) is 25.4 Å². The SMILES string of the molecule is CCNC(=NCc1c(C)nn(C)c1C)NCC(=O)Nc1cccnc1.I. The summed E-state index contributed by atoms with van der Waals surface area (Å²) in [4.78, 5) is 20.5. The van der Waals surface area contributed by atoms with Crippen molar-refractivity contribution in [3.8, 4) is 0 Å². The summed E-state index contributed by atoms with van der Waals surface area (Å²) in [6.07, 6.45) is 3.26. The Hall–Kier alpha value is -2.17. The summed E-state index contributed by atoms with van der Waals surface area (Å²) >= 11 is 0. The number of halogens is 1. The molecular formula is C17H26IN7O. The molecule has 0 aromatic carbocycles. The Kier molecular flexibility index (Phi) is 9.03. The third kappa shape index (κ3) is 6.28. The first-order chi connectivity index (χ1) is 12.0. The highest BCUT2D eigenvalue weighted by atomic mass is 127.